The van der Waals surface area contributed by atoms with E-state index in [0.717, 1.165) is 25.9 Å². The Morgan fingerprint density at radius 3 is 2.83 bits per heavy atom. The number of nitrogens with one attached hydrogen (secondary N) is 1. The van der Waals surface area contributed by atoms with Crippen molar-refractivity contribution in [1.82, 2.24) is 14.9 Å². The predicted molar refractivity (Wildman–Crippen MR) is 70.7 cm³/mol. The first kappa shape index (κ1) is 12.6. The maximum atomic E-state index is 11.8. The molecule has 0 bridgehead atoms. The Morgan fingerprint density at radius 1 is 1.44 bits per heavy atom. The van der Waals surface area contributed by atoms with Gasteiger partial charge in [0.05, 0.1) is 6.54 Å². The van der Waals surface area contributed by atoms with Crippen LogP contribution in [-0.2, 0) is 4.79 Å². The molecule has 1 aromatic rings. The zero-order chi connectivity index (χ0) is 13.0. The van der Waals surface area contributed by atoms with Crippen molar-refractivity contribution in [3.8, 4) is 0 Å². The maximum Gasteiger partial charge on any atom is 0.241 e. The van der Waals surface area contributed by atoms with Crippen molar-refractivity contribution in [2.75, 3.05) is 43.9 Å². The van der Waals surface area contributed by atoms with Crippen LogP contribution in [0.3, 0.4) is 0 Å². The summed E-state index contributed by atoms with van der Waals surface area (Å²) in [5.74, 6) is 1.45. The lowest BCUT2D eigenvalue weighted by Crippen LogP contribution is -2.33. The molecule has 2 heterocycles. The van der Waals surface area contributed by atoms with Crippen molar-refractivity contribution in [2.45, 2.75) is 12.8 Å². The molecule has 98 valence electrons. The van der Waals surface area contributed by atoms with E-state index < -0.39 is 0 Å². The van der Waals surface area contributed by atoms with E-state index in [2.05, 4.69) is 15.3 Å². The van der Waals surface area contributed by atoms with Crippen molar-refractivity contribution in [1.29, 1.82) is 0 Å². The lowest BCUT2D eigenvalue weighted by Gasteiger charge is -2.16. The summed E-state index contributed by atoms with van der Waals surface area (Å²) in [4.78, 5) is 24.0. The maximum absolute atomic E-state index is 11.8. The predicted octanol–water partition coefficient (Wildman–Crippen LogP) is 0.577. The molecule has 0 unspecified atom stereocenters. The van der Waals surface area contributed by atoms with Crippen molar-refractivity contribution in [2.24, 2.45) is 0 Å². The molecule has 2 rings (SSSR count). The van der Waals surface area contributed by atoms with Gasteiger partial charge in [-0.1, -0.05) is 0 Å². The summed E-state index contributed by atoms with van der Waals surface area (Å²) in [5.41, 5.74) is 0. The summed E-state index contributed by atoms with van der Waals surface area (Å²) in [5, 5.41) is 3.05. The molecule has 18 heavy (non-hydrogen) atoms. The minimum absolute atomic E-state index is 0.137. The van der Waals surface area contributed by atoms with Gasteiger partial charge in [-0.2, -0.15) is 4.98 Å². The summed E-state index contributed by atoms with van der Waals surface area (Å²) in [7, 11) is 3.77. The number of aromatic nitrogens is 2. The van der Waals surface area contributed by atoms with Gasteiger partial charge in [0.25, 0.3) is 0 Å². The molecule has 0 aliphatic carbocycles. The molecule has 0 atom stereocenters. The van der Waals surface area contributed by atoms with E-state index in [1.807, 2.05) is 23.9 Å². The van der Waals surface area contributed by atoms with Crippen LogP contribution in [0.2, 0.25) is 0 Å². The summed E-state index contributed by atoms with van der Waals surface area (Å²) >= 11 is 0. The van der Waals surface area contributed by atoms with Crippen LogP contribution >= 0.6 is 0 Å². The summed E-state index contributed by atoms with van der Waals surface area (Å²) in [6.07, 6.45) is 3.92. The van der Waals surface area contributed by atoms with Crippen LogP contribution in [0, 0.1) is 0 Å². The normalized spacial score (nSPS) is 14.7. The van der Waals surface area contributed by atoms with E-state index in [1.165, 1.54) is 0 Å². The quantitative estimate of drug-likeness (QED) is 0.845. The largest absolute Gasteiger partial charge is 0.361 e. The second kappa shape index (κ2) is 5.66. The van der Waals surface area contributed by atoms with Crippen LogP contribution in [0.5, 0.6) is 0 Å². The minimum atomic E-state index is 0.137. The lowest BCUT2D eigenvalue weighted by molar-refractivity contribution is -0.128. The van der Waals surface area contributed by atoms with Crippen molar-refractivity contribution in [3.63, 3.8) is 0 Å². The van der Waals surface area contributed by atoms with Gasteiger partial charge in [-0.15, -0.1) is 0 Å². The second-order valence-electron chi connectivity index (χ2n) is 4.58. The fourth-order valence-electron chi connectivity index (χ4n) is 1.91. The average molecular weight is 249 g/mol. The molecule has 1 aliphatic rings. The van der Waals surface area contributed by atoms with Crippen LogP contribution in [0.25, 0.3) is 0 Å². The number of carbonyl (C=O) groups excluding carboxylic acids is 1. The molecule has 1 aromatic heterocycles. The molecule has 6 heteroatoms. The Morgan fingerprint density at radius 2 is 2.17 bits per heavy atom. The molecule has 1 aliphatic heterocycles. The first-order valence-electron chi connectivity index (χ1n) is 6.19. The molecular weight excluding hydrogens is 230 g/mol. The highest BCUT2D eigenvalue weighted by atomic mass is 16.2. The smallest absolute Gasteiger partial charge is 0.241 e. The SMILES string of the molecule is CN(C)c1nccc(NCC(=O)N2CCCC2)n1. The van der Waals surface area contributed by atoms with E-state index in [0.29, 0.717) is 18.3 Å². The number of hydrogen-bond acceptors (Lipinski definition) is 5. The molecule has 6 nitrogen and oxygen atoms in total. The van der Waals surface area contributed by atoms with E-state index in [9.17, 15) is 4.79 Å². The van der Waals surface area contributed by atoms with Gasteiger partial charge in [0.2, 0.25) is 11.9 Å². The topological polar surface area (TPSA) is 61.4 Å². The van der Waals surface area contributed by atoms with Crippen LogP contribution in [-0.4, -0.2) is 54.5 Å². The average Bonchev–Trinajstić information content (AvgIpc) is 2.90. The number of nitrogens with zero attached hydrogens (tertiary/aromatic N) is 4. The Bertz CT molecular complexity index is 415. The van der Waals surface area contributed by atoms with Gasteiger partial charge in [0, 0.05) is 33.4 Å². The Balaban J connectivity index is 1.89. The summed E-state index contributed by atoms with van der Waals surface area (Å²) < 4.78 is 0. The highest BCUT2D eigenvalue weighted by Crippen LogP contribution is 2.10. The second-order valence-corrected chi connectivity index (χ2v) is 4.58. The van der Waals surface area contributed by atoms with Gasteiger partial charge in [-0.3, -0.25) is 4.79 Å². The number of amides is 1. The van der Waals surface area contributed by atoms with E-state index in [-0.39, 0.29) is 5.91 Å². The Labute approximate surface area is 107 Å². The first-order valence-corrected chi connectivity index (χ1v) is 6.19. The zero-order valence-electron chi connectivity index (χ0n) is 10.9. The van der Waals surface area contributed by atoms with Gasteiger partial charge in [-0.25, -0.2) is 4.98 Å². The van der Waals surface area contributed by atoms with Crippen molar-refractivity contribution >= 4 is 17.7 Å². The molecule has 0 saturated carbocycles. The lowest BCUT2D eigenvalue weighted by atomic mass is 10.4. The number of hydrogen-bond donors (Lipinski definition) is 1. The molecule has 1 fully saturated rings. The fourth-order valence-corrected chi connectivity index (χ4v) is 1.91. The molecule has 1 amide bonds. The third kappa shape index (κ3) is 3.09. The number of likely N-dealkylation sites (tertiary alicyclic amines) is 1. The van der Waals surface area contributed by atoms with Gasteiger partial charge in [0.1, 0.15) is 5.82 Å². The van der Waals surface area contributed by atoms with E-state index >= 15 is 0 Å². The van der Waals surface area contributed by atoms with E-state index in [1.54, 1.807) is 12.3 Å². The standard InChI is InChI=1S/C12H19N5O/c1-16(2)12-13-6-5-10(15-12)14-9-11(18)17-7-3-4-8-17/h5-6H,3-4,7-9H2,1-2H3,(H,13,14,15). The fraction of sp³-hybridized carbons (Fsp3) is 0.583. The monoisotopic (exact) mass is 249 g/mol. The summed E-state index contributed by atoms with van der Waals surface area (Å²) in [6.45, 7) is 2.06. The zero-order valence-corrected chi connectivity index (χ0v) is 10.9. The number of anilines is 2. The van der Waals surface area contributed by atoms with Crippen LogP contribution < -0.4 is 10.2 Å². The third-order valence-corrected chi connectivity index (χ3v) is 2.92. The highest BCUT2D eigenvalue weighted by molar-refractivity contribution is 5.80. The minimum Gasteiger partial charge on any atom is -0.361 e. The molecule has 0 radical (unpaired) electrons. The number of rotatable bonds is 4. The first-order chi connectivity index (χ1) is 8.66. The number of carbonyl (C=O) groups is 1. The molecule has 1 N–H and O–H groups in total. The van der Waals surface area contributed by atoms with Crippen LogP contribution in [0.15, 0.2) is 12.3 Å². The highest BCUT2D eigenvalue weighted by Gasteiger charge is 2.17. The van der Waals surface area contributed by atoms with Gasteiger partial charge >= 0.3 is 0 Å². The van der Waals surface area contributed by atoms with Crippen LogP contribution in [0.4, 0.5) is 11.8 Å². The van der Waals surface area contributed by atoms with Gasteiger partial charge < -0.3 is 15.1 Å². The third-order valence-electron chi connectivity index (χ3n) is 2.92. The molecule has 0 aromatic carbocycles. The van der Waals surface area contributed by atoms with E-state index in [4.69, 9.17) is 0 Å². The Kier molecular flexibility index (Phi) is 3.96. The van der Waals surface area contributed by atoms with Crippen molar-refractivity contribution in [3.05, 3.63) is 12.3 Å². The van der Waals surface area contributed by atoms with Gasteiger partial charge in [0.15, 0.2) is 0 Å². The van der Waals surface area contributed by atoms with Crippen LogP contribution in [0.1, 0.15) is 12.8 Å². The Hall–Kier alpha value is -1.85. The molecule has 0 spiro atoms. The summed E-state index contributed by atoms with van der Waals surface area (Å²) in [6, 6.07) is 1.77. The molecule has 1 saturated heterocycles. The van der Waals surface area contributed by atoms with Gasteiger partial charge in [-0.05, 0) is 18.9 Å². The molecular formula is C12H19N5O. The van der Waals surface area contributed by atoms with Crippen molar-refractivity contribution < 1.29 is 4.79 Å².